The quantitative estimate of drug-likeness (QED) is 0.871. The van der Waals surface area contributed by atoms with Crippen molar-refractivity contribution < 1.29 is 4.39 Å². The van der Waals surface area contributed by atoms with Gasteiger partial charge in [-0.05, 0) is 31.2 Å². The minimum Gasteiger partial charge on any atom is -0.323 e. The molecule has 1 aromatic carbocycles. The lowest BCUT2D eigenvalue weighted by atomic mass is 10.3. The molecular formula is C11H9ClFN3. The van der Waals surface area contributed by atoms with Gasteiger partial charge in [0.1, 0.15) is 5.82 Å². The molecule has 2 aromatic rings. The highest BCUT2D eigenvalue weighted by molar-refractivity contribution is 6.33. The predicted molar refractivity (Wildman–Crippen MR) is 61.5 cm³/mol. The summed E-state index contributed by atoms with van der Waals surface area (Å²) in [7, 11) is 0. The van der Waals surface area contributed by atoms with E-state index in [0.717, 1.165) is 5.69 Å². The molecule has 0 radical (unpaired) electrons. The van der Waals surface area contributed by atoms with Crippen LogP contribution < -0.4 is 5.32 Å². The third-order valence-electron chi connectivity index (χ3n) is 1.97. The Morgan fingerprint density at radius 2 is 2.12 bits per heavy atom. The number of rotatable bonds is 2. The van der Waals surface area contributed by atoms with Crippen molar-refractivity contribution in [2.75, 3.05) is 5.32 Å². The van der Waals surface area contributed by atoms with Crippen LogP contribution in [0.2, 0.25) is 5.02 Å². The first-order valence-electron chi connectivity index (χ1n) is 4.67. The van der Waals surface area contributed by atoms with Crippen LogP contribution in [0.15, 0.2) is 30.5 Å². The molecule has 3 nitrogen and oxygen atoms in total. The van der Waals surface area contributed by atoms with Gasteiger partial charge in [-0.25, -0.2) is 14.4 Å². The fourth-order valence-electron chi connectivity index (χ4n) is 1.22. The van der Waals surface area contributed by atoms with Crippen LogP contribution in [-0.2, 0) is 0 Å². The largest absolute Gasteiger partial charge is 0.323 e. The maximum Gasteiger partial charge on any atom is 0.227 e. The molecule has 5 heteroatoms. The molecule has 82 valence electrons. The van der Waals surface area contributed by atoms with Crippen molar-refractivity contribution >= 4 is 23.2 Å². The smallest absolute Gasteiger partial charge is 0.227 e. The van der Waals surface area contributed by atoms with E-state index in [2.05, 4.69) is 15.3 Å². The van der Waals surface area contributed by atoms with Crippen LogP contribution in [0.4, 0.5) is 16.0 Å². The Kier molecular flexibility index (Phi) is 3.01. The molecule has 0 fully saturated rings. The van der Waals surface area contributed by atoms with Gasteiger partial charge < -0.3 is 5.32 Å². The first kappa shape index (κ1) is 10.8. The van der Waals surface area contributed by atoms with E-state index in [1.807, 2.05) is 6.92 Å². The molecule has 16 heavy (non-hydrogen) atoms. The van der Waals surface area contributed by atoms with Crippen LogP contribution in [0.5, 0.6) is 0 Å². The number of anilines is 2. The summed E-state index contributed by atoms with van der Waals surface area (Å²) in [6.45, 7) is 1.86. The zero-order valence-electron chi connectivity index (χ0n) is 8.54. The van der Waals surface area contributed by atoms with E-state index >= 15 is 0 Å². The molecule has 0 unspecified atom stereocenters. The second-order valence-corrected chi connectivity index (χ2v) is 3.68. The van der Waals surface area contributed by atoms with E-state index in [1.54, 1.807) is 18.3 Å². The first-order valence-corrected chi connectivity index (χ1v) is 5.04. The van der Waals surface area contributed by atoms with Gasteiger partial charge in [0.25, 0.3) is 0 Å². The molecule has 0 aliphatic rings. The summed E-state index contributed by atoms with van der Waals surface area (Å²) in [5, 5.41) is 3.22. The summed E-state index contributed by atoms with van der Waals surface area (Å²) >= 11 is 5.86. The van der Waals surface area contributed by atoms with Gasteiger partial charge in [0.05, 0.1) is 10.7 Å². The van der Waals surface area contributed by atoms with Crippen LogP contribution in [0, 0.1) is 12.7 Å². The Bertz CT molecular complexity index is 516. The van der Waals surface area contributed by atoms with E-state index < -0.39 is 0 Å². The van der Waals surface area contributed by atoms with Crippen molar-refractivity contribution in [1.29, 1.82) is 0 Å². The number of hydrogen-bond acceptors (Lipinski definition) is 3. The van der Waals surface area contributed by atoms with Crippen molar-refractivity contribution in [3.8, 4) is 0 Å². The fraction of sp³-hybridized carbons (Fsp3) is 0.0909. The van der Waals surface area contributed by atoms with Crippen LogP contribution >= 0.6 is 11.6 Å². The lowest BCUT2D eigenvalue weighted by molar-refractivity contribution is 0.628. The van der Waals surface area contributed by atoms with E-state index in [0.29, 0.717) is 16.7 Å². The molecule has 0 spiro atoms. The molecule has 2 rings (SSSR count). The fourth-order valence-corrected chi connectivity index (χ4v) is 1.43. The highest BCUT2D eigenvalue weighted by Gasteiger charge is 2.03. The lowest BCUT2D eigenvalue weighted by Gasteiger charge is -2.06. The van der Waals surface area contributed by atoms with Crippen LogP contribution in [-0.4, -0.2) is 9.97 Å². The molecule has 0 saturated carbocycles. The average molecular weight is 238 g/mol. The Morgan fingerprint density at radius 3 is 2.81 bits per heavy atom. The average Bonchev–Trinajstić information content (AvgIpc) is 2.22. The van der Waals surface area contributed by atoms with E-state index in [-0.39, 0.29) is 5.82 Å². The second-order valence-electron chi connectivity index (χ2n) is 3.27. The molecule has 0 amide bonds. The van der Waals surface area contributed by atoms with Crippen molar-refractivity contribution in [1.82, 2.24) is 9.97 Å². The third-order valence-corrected chi connectivity index (χ3v) is 2.29. The first-order chi connectivity index (χ1) is 7.65. The number of benzene rings is 1. The number of aryl methyl sites for hydroxylation is 1. The molecule has 0 aliphatic carbocycles. The van der Waals surface area contributed by atoms with Crippen LogP contribution in [0.25, 0.3) is 0 Å². The highest BCUT2D eigenvalue weighted by atomic mass is 35.5. The Balaban J connectivity index is 2.27. The molecule has 1 aromatic heterocycles. The van der Waals surface area contributed by atoms with Gasteiger partial charge in [-0.1, -0.05) is 11.6 Å². The molecule has 0 saturated heterocycles. The van der Waals surface area contributed by atoms with Crippen LogP contribution in [0.1, 0.15) is 5.69 Å². The predicted octanol–water partition coefficient (Wildman–Crippen LogP) is 3.32. The zero-order valence-corrected chi connectivity index (χ0v) is 9.29. The third kappa shape index (κ3) is 2.46. The summed E-state index contributed by atoms with van der Waals surface area (Å²) in [4.78, 5) is 8.18. The summed E-state index contributed by atoms with van der Waals surface area (Å²) < 4.78 is 12.8. The van der Waals surface area contributed by atoms with E-state index in [9.17, 15) is 4.39 Å². The molecule has 0 atom stereocenters. The van der Waals surface area contributed by atoms with Gasteiger partial charge >= 0.3 is 0 Å². The van der Waals surface area contributed by atoms with Crippen molar-refractivity contribution in [2.24, 2.45) is 0 Å². The minimum atomic E-state index is -0.374. The van der Waals surface area contributed by atoms with Gasteiger partial charge in [0.15, 0.2) is 0 Å². The maximum absolute atomic E-state index is 12.8. The monoisotopic (exact) mass is 237 g/mol. The number of halogens is 2. The van der Waals surface area contributed by atoms with Gasteiger partial charge in [-0.3, -0.25) is 0 Å². The molecule has 1 heterocycles. The summed E-state index contributed by atoms with van der Waals surface area (Å²) in [6.07, 6.45) is 1.64. The number of aromatic nitrogens is 2. The zero-order chi connectivity index (χ0) is 11.5. The van der Waals surface area contributed by atoms with Gasteiger partial charge in [-0.15, -0.1) is 0 Å². The van der Waals surface area contributed by atoms with Crippen molar-refractivity contribution in [3.63, 3.8) is 0 Å². The molecule has 1 N–H and O–H groups in total. The summed E-state index contributed by atoms with van der Waals surface area (Å²) in [6, 6.07) is 5.89. The summed E-state index contributed by atoms with van der Waals surface area (Å²) in [5.74, 6) is 0.0641. The van der Waals surface area contributed by atoms with E-state index in [4.69, 9.17) is 11.6 Å². The van der Waals surface area contributed by atoms with E-state index in [1.165, 1.54) is 12.1 Å². The SMILES string of the molecule is Cc1ccnc(Nc2ccc(F)cc2Cl)n1. The second kappa shape index (κ2) is 4.45. The maximum atomic E-state index is 12.8. The number of nitrogens with zero attached hydrogens (tertiary/aromatic N) is 2. The van der Waals surface area contributed by atoms with Crippen molar-refractivity contribution in [3.05, 3.63) is 47.0 Å². The Morgan fingerprint density at radius 1 is 1.31 bits per heavy atom. The minimum absolute atomic E-state index is 0.296. The van der Waals surface area contributed by atoms with Crippen molar-refractivity contribution in [2.45, 2.75) is 6.92 Å². The topological polar surface area (TPSA) is 37.8 Å². The van der Waals surface area contributed by atoms with Gasteiger partial charge in [0, 0.05) is 11.9 Å². The molecular weight excluding hydrogens is 229 g/mol. The van der Waals surface area contributed by atoms with Gasteiger partial charge in [0.2, 0.25) is 5.95 Å². The highest BCUT2D eigenvalue weighted by Crippen LogP contribution is 2.24. The summed E-state index contributed by atoms with van der Waals surface area (Å²) in [5.41, 5.74) is 1.42. The number of hydrogen-bond donors (Lipinski definition) is 1. The van der Waals surface area contributed by atoms with Gasteiger partial charge in [-0.2, -0.15) is 0 Å². The Hall–Kier alpha value is -1.68. The Labute approximate surface area is 97.3 Å². The molecule has 0 bridgehead atoms. The number of nitrogens with one attached hydrogen (secondary N) is 1. The lowest BCUT2D eigenvalue weighted by Crippen LogP contribution is -1.98. The standard InChI is InChI=1S/C11H9ClFN3/c1-7-4-5-14-11(15-7)16-10-3-2-8(13)6-9(10)12/h2-6H,1H3,(H,14,15,16). The normalized spacial score (nSPS) is 10.2. The molecule has 0 aliphatic heterocycles. The van der Waals surface area contributed by atoms with Crippen LogP contribution in [0.3, 0.4) is 0 Å².